The fourth-order valence-corrected chi connectivity index (χ4v) is 3.96. The summed E-state index contributed by atoms with van der Waals surface area (Å²) in [5.74, 6) is 0.865. The van der Waals surface area contributed by atoms with Crippen LogP contribution >= 0.6 is 43.2 Å². The first-order valence-electron chi connectivity index (χ1n) is 5.91. The van der Waals surface area contributed by atoms with Crippen LogP contribution in [0.1, 0.15) is 15.3 Å². The Bertz CT molecular complexity index is 569. The van der Waals surface area contributed by atoms with Gasteiger partial charge in [-0.25, -0.2) is 0 Å². The van der Waals surface area contributed by atoms with Crippen LogP contribution < -0.4 is 10.1 Å². The Morgan fingerprint density at radius 2 is 2.05 bits per heavy atom. The fourth-order valence-electron chi connectivity index (χ4n) is 1.74. The molecule has 2 nitrogen and oxygen atoms in total. The number of hydrogen-bond acceptors (Lipinski definition) is 3. The SMILES string of the molecule is CNCc1cc(COc2ccc(Br)cc2Br)c(C)s1. The van der Waals surface area contributed by atoms with Gasteiger partial charge in [0, 0.05) is 26.3 Å². The van der Waals surface area contributed by atoms with E-state index in [1.807, 2.05) is 36.6 Å². The van der Waals surface area contributed by atoms with Gasteiger partial charge in [0.25, 0.3) is 0 Å². The highest BCUT2D eigenvalue weighted by Crippen LogP contribution is 2.30. The molecule has 0 aliphatic rings. The number of aryl methyl sites for hydroxylation is 1. The highest BCUT2D eigenvalue weighted by Gasteiger charge is 2.07. The molecular formula is C14H15Br2NOS. The smallest absolute Gasteiger partial charge is 0.134 e. The number of rotatable bonds is 5. The van der Waals surface area contributed by atoms with Crippen LogP contribution in [0.2, 0.25) is 0 Å². The van der Waals surface area contributed by atoms with Gasteiger partial charge in [0.05, 0.1) is 4.47 Å². The van der Waals surface area contributed by atoms with Crippen LogP contribution in [0.15, 0.2) is 33.2 Å². The predicted molar refractivity (Wildman–Crippen MR) is 88.0 cm³/mol. The minimum atomic E-state index is 0.603. The van der Waals surface area contributed by atoms with E-state index >= 15 is 0 Å². The summed E-state index contributed by atoms with van der Waals surface area (Å²) in [6, 6.07) is 8.14. The molecule has 0 spiro atoms. The summed E-state index contributed by atoms with van der Waals surface area (Å²) in [6.07, 6.45) is 0. The first-order valence-corrected chi connectivity index (χ1v) is 8.31. The largest absolute Gasteiger partial charge is 0.488 e. The Morgan fingerprint density at radius 3 is 2.74 bits per heavy atom. The number of halogens is 2. The van der Waals surface area contributed by atoms with Crippen molar-refractivity contribution in [2.24, 2.45) is 0 Å². The third-order valence-electron chi connectivity index (χ3n) is 2.70. The van der Waals surface area contributed by atoms with Crippen LogP contribution in [0, 0.1) is 6.92 Å². The predicted octanol–water partition coefficient (Wildman–Crippen LogP) is 4.88. The van der Waals surface area contributed by atoms with Crippen molar-refractivity contribution in [1.82, 2.24) is 5.32 Å². The Balaban J connectivity index is 2.05. The molecule has 0 bridgehead atoms. The van der Waals surface area contributed by atoms with Crippen LogP contribution in [-0.2, 0) is 13.2 Å². The van der Waals surface area contributed by atoms with E-state index < -0.39 is 0 Å². The quantitative estimate of drug-likeness (QED) is 0.766. The van der Waals surface area contributed by atoms with Crippen LogP contribution in [-0.4, -0.2) is 7.05 Å². The summed E-state index contributed by atoms with van der Waals surface area (Å²) in [7, 11) is 1.96. The molecule has 0 amide bonds. The van der Waals surface area contributed by atoms with Gasteiger partial charge < -0.3 is 10.1 Å². The lowest BCUT2D eigenvalue weighted by atomic mass is 10.2. The first-order chi connectivity index (χ1) is 9.10. The van der Waals surface area contributed by atoms with E-state index in [9.17, 15) is 0 Å². The molecule has 19 heavy (non-hydrogen) atoms. The summed E-state index contributed by atoms with van der Waals surface area (Å²) in [6.45, 7) is 3.65. The minimum absolute atomic E-state index is 0.603. The van der Waals surface area contributed by atoms with Gasteiger partial charge in [0.15, 0.2) is 0 Å². The maximum absolute atomic E-state index is 5.87. The molecule has 5 heteroatoms. The summed E-state index contributed by atoms with van der Waals surface area (Å²) < 4.78 is 7.87. The van der Waals surface area contributed by atoms with Crippen molar-refractivity contribution in [1.29, 1.82) is 0 Å². The number of thiophene rings is 1. The zero-order chi connectivity index (χ0) is 13.8. The molecule has 0 aliphatic carbocycles. The lowest BCUT2D eigenvalue weighted by Crippen LogP contribution is -2.02. The van der Waals surface area contributed by atoms with E-state index in [0.717, 1.165) is 21.2 Å². The molecule has 1 aromatic carbocycles. The molecule has 0 saturated carbocycles. The van der Waals surface area contributed by atoms with Gasteiger partial charge in [-0.2, -0.15) is 0 Å². The molecule has 0 atom stereocenters. The third-order valence-corrected chi connectivity index (χ3v) is 4.91. The van der Waals surface area contributed by atoms with Gasteiger partial charge in [-0.05, 0) is 54.2 Å². The lowest BCUT2D eigenvalue weighted by Gasteiger charge is -2.08. The summed E-state index contributed by atoms with van der Waals surface area (Å²) in [5.41, 5.74) is 1.25. The van der Waals surface area contributed by atoms with Gasteiger partial charge in [-0.1, -0.05) is 15.9 Å². The number of benzene rings is 1. The summed E-state index contributed by atoms with van der Waals surface area (Å²) >= 11 is 8.76. The average molecular weight is 405 g/mol. The van der Waals surface area contributed by atoms with Crippen molar-refractivity contribution in [3.63, 3.8) is 0 Å². The second-order valence-corrected chi connectivity index (χ2v) is 7.30. The normalized spacial score (nSPS) is 10.7. The second kappa shape index (κ2) is 6.88. The monoisotopic (exact) mass is 403 g/mol. The Labute approximate surface area is 134 Å². The highest BCUT2D eigenvalue weighted by atomic mass is 79.9. The number of hydrogen-bond donors (Lipinski definition) is 1. The summed E-state index contributed by atoms with van der Waals surface area (Å²) in [5, 5.41) is 3.17. The Kier molecular flexibility index (Phi) is 5.45. The molecule has 2 aromatic rings. The van der Waals surface area contributed by atoms with Gasteiger partial charge in [-0.3, -0.25) is 0 Å². The molecule has 0 unspecified atom stereocenters. The maximum Gasteiger partial charge on any atom is 0.134 e. The standard InChI is InChI=1S/C14H15Br2NOS/c1-9-10(5-12(19-9)7-17-2)8-18-14-4-3-11(15)6-13(14)16/h3-6,17H,7-8H2,1-2H3. The van der Waals surface area contributed by atoms with Crippen LogP contribution in [0.4, 0.5) is 0 Å². The molecule has 102 valence electrons. The van der Waals surface area contributed by atoms with Crippen molar-refractivity contribution in [2.75, 3.05) is 7.05 Å². The second-order valence-electron chi connectivity index (χ2n) is 4.19. The zero-order valence-electron chi connectivity index (χ0n) is 10.8. The Morgan fingerprint density at radius 1 is 1.26 bits per heavy atom. The van der Waals surface area contributed by atoms with E-state index in [1.165, 1.54) is 15.3 Å². The van der Waals surface area contributed by atoms with E-state index in [4.69, 9.17) is 4.74 Å². The van der Waals surface area contributed by atoms with Crippen molar-refractivity contribution in [3.05, 3.63) is 48.5 Å². The third kappa shape index (κ3) is 4.05. The van der Waals surface area contributed by atoms with E-state index in [-0.39, 0.29) is 0 Å². The highest BCUT2D eigenvalue weighted by molar-refractivity contribution is 9.11. The Hall–Kier alpha value is -0.360. The van der Waals surface area contributed by atoms with Crippen LogP contribution in [0.5, 0.6) is 5.75 Å². The topological polar surface area (TPSA) is 21.3 Å². The van der Waals surface area contributed by atoms with Crippen molar-refractivity contribution in [2.45, 2.75) is 20.1 Å². The van der Waals surface area contributed by atoms with Crippen molar-refractivity contribution >= 4 is 43.2 Å². The summed E-state index contributed by atoms with van der Waals surface area (Å²) in [4.78, 5) is 2.66. The van der Waals surface area contributed by atoms with E-state index in [0.29, 0.717) is 6.61 Å². The van der Waals surface area contributed by atoms with Gasteiger partial charge in [0.2, 0.25) is 0 Å². The molecule has 2 rings (SSSR count). The molecule has 0 aliphatic heterocycles. The van der Waals surface area contributed by atoms with Crippen molar-refractivity contribution < 1.29 is 4.74 Å². The van der Waals surface area contributed by atoms with Crippen LogP contribution in [0.3, 0.4) is 0 Å². The minimum Gasteiger partial charge on any atom is -0.488 e. The first kappa shape index (κ1) is 15.0. The molecule has 1 heterocycles. The molecule has 0 saturated heterocycles. The fraction of sp³-hybridized carbons (Fsp3) is 0.286. The molecule has 1 N–H and O–H groups in total. The van der Waals surface area contributed by atoms with Gasteiger partial charge in [0.1, 0.15) is 12.4 Å². The van der Waals surface area contributed by atoms with E-state index in [1.54, 1.807) is 0 Å². The van der Waals surface area contributed by atoms with Gasteiger partial charge >= 0.3 is 0 Å². The lowest BCUT2D eigenvalue weighted by molar-refractivity contribution is 0.304. The molecule has 0 fully saturated rings. The molecule has 1 aromatic heterocycles. The number of ether oxygens (including phenoxy) is 1. The maximum atomic E-state index is 5.87. The molecular weight excluding hydrogens is 390 g/mol. The van der Waals surface area contributed by atoms with Crippen molar-refractivity contribution in [3.8, 4) is 5.75 Å². The van der Waals surface area contributed by atoms with Gasteiger partial charge in [-0.15, -0.1) is 11.3 Å². The van der Waals surface area contributed by atoms with Crippen LogP contribution in [0.25, 0.3) is 0 Å². The zero-order valence-corrected chi connectivity index (χ0v) is 14.8. The van der Waals surface area contributed by atoms with E-state index in [2.05, 4.69) is 50.2 Å². The number of nitrogens with one attached hydrogen (secondary N) is 1. The molecule has 0 radical (unpaired) electrons. The average Bonchev–Trinajstić information content (AvgIpc) is 2.69.